The van der Waals surface area contributed by atoms with Gasteiger partial charge in [-0.15, -0.1) is 0 Å². The molecule has 1 aliphatic heterocycles. The van der Waals surface area contributed by atoms with Crippen LogP contribution in [0.2, 0.25) is 0 Å². The van der Waals surface area contributed by atoms with E-state index in [1.165, 1.54) is 0 Å². The Morgan fingerprint density at radius 3 is 2.21 bits per heavy atom. The zero-order valence-corrected chi connectivity index (χ0v) is 9.42. The van der Waals surface area contributed by atoms with Gasteiger partial charge in [0.1, 0.15) is 0 Å². The van der Waals surface area contributed by atoms with Gasteiger partial charge >= 0.3 is 6.03 Å². The molecule has 0 aromatic heterocycles. The van der Waals surface area contributed by atoms with Crippen molar-refractivity contribution in [3.05, 3.63) is 0 Å². The fraction of sp³-hybridized carbons (Fsp3) is 0.900. The van der Waals surface area contributed by atoms with E-state index in [4.69, 9.17) is 5.73 Å². The highest BCUT2D eigenvalue weighted by Crippen LogP contribution is 2.22. The number of amides is 2. The molecule has 1 aliphatic rings. The van der Waals surface area contributed by atoms with E-state index in [1.807, 2.05) is 23.6 Å². The fourth-order valence-electron chi connectivity index (χ4n) is 1.77. The molecule has 1 heterocycles. The summed E-state index contributed by atoms with van der Waals surface area (Å²) >= 11 is 0. The molecular formula is C10H21N3O. The van der Waals surface area contributed by atoms with Gasteiger partial charge in [0.2, 0.25) is 0 Å². The molecule has 0 unspecified atom stereocenters. The molecule has 1 saturated heterocycles. The lowest BCUT2D eigenvalue weighted by Gasteiger charge is -2.48. The summed E-state index contributed by atoms with van der Waals surface area (Å²) in [5.74, 6) is 0. The largest absolute Gasteiger partial charge is 0.325 e. The molecule has 1 fully saturated rings. The second-order valence-electron chi connectivity index (χ2n) is 4.03. The second kappa shape index (κ2) is 4.17. The van der Waals surface area contributed by atoms with Crippen molar-refractivity contribution in [3.63, 3.8) is 0 Å². The molecule has 4 nitrogen and oxygen atoms in total. The molecule has 82 valence electrons. The van der Waals surface area contributed by atoms with Crippen molar-refractivity contribution in [2.24, 2.45) is 5.73 Å². The van der Waals surface area contributed by atoms with Gasteiger partial charge in [-0.3, -0.25) is 0 Å². The Morgan fingerprint density at radius 2 is 1.86 bits per heavy atom. The van der Waals surface area contributed by atoms with E-state index < -0.39 is 0 Å². The quantitative estimate of drug-likeness (QED) is 0.733. The zero-order chi connectivity index (χ0) is 10.8. The first kappa shape index (κ1) is 11.3. The van der Waals surface area contributed by atoms with Gasteiger partial charge in [-0.05, 0) is 20.3 Å². The molecule has 0 radical (unpaired) electrons. The first-order chi connectivity index (χ1) is 6.56. The summed E-state index contributed by atoms with van der Waals surface area (Å²) in [6.45, 7) is 9.02. The third-order valence-electron chi connectivity index (χ3n) is 3.02. The Bertz CT molecular complexity index is 207. The van der Waals surface area contributed by atoms with Gasteiger partial charge < -0.3 is 15.5 Å². The van der Waals surface area contributed by atoms with Crippen LogP contribution in [0, 0.1) is 0 Å². The molecule has 4 heteroatoms. The van der Waals surface area contributed by atoms with Crippen LogP contribution in [0.5, 0.6) is 0 Å². The Morgan fingerprint density at radius 1 is 1.36 bits per heavy atom. The molecule has 2 amide bonds. The minimum absolute atomic E-state index is 0.122. The number of carbonyl (C=O) groups is 1. The molecule has 0 aromatic rings. The van der Waals surface area contributed by atoms with Crippen molar-refractivity contribution in [1.29, 1.82) is 0 Å². The molecule has 1 rings (SSSR count). The maximum absolute atomic E-state index is 11.8. The maximum atomic E-state index is 11.8. The predicted octanol–water partition coefficient (Wildman–Crippen LogP) is 0.871. The fourth-order valence-corrected chi connectivity index (χ4v) is 1.77. The van der Waals surface area contributed by atoms with Crippen LogP contribution in [-0.4, -0.2) is 47.5 Å². The zero-order valence-electron chi connectivity index (χ0n) is 9.42. The minimum Gasteiger partial charge on any atom is -0.325 e. The summed E-state index contributed by atoms with van der Waals surface area (Å²) in [7, 11) is 0. The van der Waals surface area contributed by atoms with E-state index in [9.17, 15) is 4.79 Å². The normalized spacial score (nSPS) is 19.0. The molecule has 2 N–H and O–H groups in total. The van der Waals surface area contributed by atoms with Crippen molar-refractivity contribution in [3.8, 4) is 0 Å². The van der Waals surface area contributed by atoms with Crippen LogP contribution in [0.4, 0.5) is 4.79 Å². The molecule has 0 spiro atoms. The van der Waals surface area contributed by atoms with E-state index in [-0.39, 0.29) is 11.6 Å². The number of nitrogens with zero attached hydrogens (tertiary/aromatic N) is 2. The predicted molar refractivity (Wildman–Crippen MR) is 57.1 cm³/mol. The summed E-state index contributed by atoms with van der Waals surface area (Å²) < 4.78 is 0. The van der Waals surface area contributed by atoms with Crippen molar-refractivity contribution in [2.45, 2.75) is 32.7 Å². The summed E-state index contributed by atoms with van der Waals surface area (Å²) in [6, 6.07) is 0.129. The maximum Gasteiger partial charge on any atom is 0.320 e. The van der Waals surface area contributed by atoms with Gasteiger partial charge in [-0.25, -0.2) is 4.79 Å². The second-order valence-corrected chi connectivity index (χ2v) is 4.03. The lowest BCUT2D eigenvalue weighted by molar-refractivity contribution is 0.0716. The molecule has 0 aliphatic carbocycles. The molecule has 14 heavy (non-hydrogen) atoms. The van der Waals surface area contributed by atoms with Gasteiger partial charge in [-0.2, -0.15) is 0 Å². The number of hydrogen-bond donors (Lipinski definition) is 1. The monoisotopic (exact) mass is 199 g/mol. The number of nitrogens with two attached hydrogens (primary N) is 1. The van der Waals surface area contributed by atoms with Crippen LogP contribution in [-0.2, 0) is 0 Å². The highest BCUT2D eigenvalue weighted by molar-refractivity contribution is 5.75. The Hall–Kier alpha value is -0.770. The van der Waals surface area contributed by atoms with E-state index in [1.54, 1.807) is 0 Å². The van der Waals surface area contributed by atoms with E-state index >= 15 is 0 Å². The molecule has 0 saturated carbocycles. The summed E-state index contributed by atoms with van der Waals surface area (Å²) in [5.41, 5.74) is 5.88. The van der Waals surface area contributed by atoms with Crippen molar-refractivity contribution in [1.82, 2.24) is 9.80 Å². The van der Waals surface area contributed by atoms with Crippen molar-refractivity contribution in [2.75, 3.05) is 26.2 Å². The SMILES string of the molecule is CCN(CC)C(=O)N1CC(N)(CC)C1. The Kier molecular flexibility index (Phi) is 3.37. The van der Waals surface area contributed by atoms with Crippen LogP contribution in [0.1, 0.15) is 27.2 Å². The van der Waals surface area contributed by atoms with Crippen LogP contribution in [0.3, 0.4) is 0 Å². The number of urea groups is 1. The minimum atomic E-state index is -0.122. The highest BCUT2D eigenvalue weighted by atomic mass is 16.2. The van der Waals surface area contributed by atoms with Crippen LogP contribution < -0.4 is 5.73 Å². The van der Waals surface area contributed by atoms with Crippen LogP contribution in [0.15, 0.2) is 0 Å². The summed E-state index contributed by atoms with van der Waals surface area (Å²) in [5, 5.41) is 0. The number of carbonyl (C=O) groups excluding carboxylic acids is 1. The van der Waals surface area contributed by atoms with Gasteiger partial charge in [0, 0.05) is 26.2 Å². The number of rotatable bonds is 3. The number of likely N-dealkylation sites (tertiary alicyclic amines) is 1. The average Bonchev–Trinajstić information content (AvgIpc) is 2.14. The summed E-state index contributed by atoms with van der Waals surface area (Å²) in [6.07, 6.45) is 0.940. The average molecular weight is 199 g/mol. The van der Waals surface area contributed by atoms with Gasteiger partial charge in [0.15, 0.2) is 0 Å². The van der Waals surface area contributed by atoms with E-state index in [0.29, 0.717) is 13.1 Å². The van der Waals surface area contributed by atoms with Crippen LogP contribution >= 0.6 is 0 Å². The van der Waals surface area contributed by atoms with Crippen LogP contribution in [0.25, 0.3) is 0 Å². The van der Waals surface area contributed by atoms with Gasteiger partial charge in [-0.1, -0.05) is 6.92 Å². The summed E-state index contributed by atoms with van der Waals surface area (Å²) in [4.78, 5) is 15.4. The molecule has 0 atom stereocenters. The third-order valence-corrected chi connectivity index (χ3v) is 3.02. The first-order valence-electron chi connectivity index (χ1n) is 5.39. The van der Waals surface area contributed by atoms with Gasteiger partial charge in [0.25, 0.3) is 0 Å². The van der Waals surface area contributed by atoms with Crippen molar-refractivity contribution < 1.29 is 4.79 Å². The number of hydrogen-bond acceptors (Lipinski definition) is 2. The topological polar surface area (TPSA) is 49.6 Å². The highest BCUT2D eigenvalue weighted by Gasteiger charge is 2.41. The first-order valence-corrected chi connectivity index (χ1v) is 5.39. The molecule has 0 bridgehead atoms. The lowest BCUT2D eigenvalue weighted by atomic mass is 9.89. The standard InChI is InChI=1S/C10H21N3O/c1-4-10(11)7-13(8-10)9(14)12(5-2)6-3/h4-8,11H2,1-3H3. The Balaban J connectivity index is 2.43. The smallest absolute Gasteiger partial charge is 0.320 e. The molecular weight excluding hydrogens is 178 g/mol. The lowest BCUT2D eigenvalue weighted by Crippen LogP contribution is -2.69. The van der Waals surface area contributed by atoms with E-state index in [2.05, 4.69) is 6.92 Å². The van der Waals surface area contributed by atoms with E-state index in [0.717, 1.165) is 19.5 Å². The van der Waals surface area contributed by atoms with Gasteiger partial charge in [0.05, 0.1) is 5.54 Å². The molecule has 0 aromatic carbocycles. The Labute approximate surface area is 86.0 Å². The van der Waals surface area contributed by atoms with Crippen molar-refractivity contribution >= 4 is 6.03 Å². The third kappa shape index (κ3) is 2.00.